The van der Waals surface area contributed by atoms with E-state index in [1.807, 2.05) is 13.8 Å². The molecule has 0 radical (unpaired) electrons. The second-order valence-electron chi connectivity index (χ2n) is 5.98. The quantitative estimate of drug-likeness (QED) is 0.581. The number of rotatable bonds is 7. The van der Waals surface area contributed by atoms with Crippen LogP contribution in [0.25, 0.3) is 0 Å². The number of ether oxygens (including phenoxy) is 3. The van der Waals surface area contributed by atoms with E-state index < -0.39 is 11.7 Å². The van der Waals surface area contributed by atoms with Gasteiger partial charge in [0, 0.05) is 0 Å². The molecule has 0 saturated carbocycles. The van der Waals surface area contributed by atoms with Crippen molar-refractivity contribution >= 4 is 23.9 Å². The number of carbonyl (C=O) groups is 1. The van der Waals surface area contributed by atoms with Crippen LogP contribution in [0.5, 0.6) is 11.5 Å². The highest BCUT2D eigenvalue weighted by molar-refractivity contribution is 6.32. The minimum absolute atomic E-state index is 0.424. The molecule has 0 heterocycles. The molecule has 0 atom stereocenters. The normalized spacial score (nSPS) is 11.4. The van der Waals surface area contributed by atoms with Crippen LogP contribution in [0.2, 0.25) is 5.02 Å². The topological polar surface area (TPSA) is 69.2 Å². The van der Waals surface area contributed by atoms with Crippen LogP contribution in [0.4, 0.5) is 4.79 Å². The van der Waals surface area contributed by atoms with Gasteiger partial charge in [-0.05, 0) is 51.8 Å². The van der Waals surface area contributed by atoms with Gasteiger partial charge in [-0.2, -0.15) is 5.10 Å². The number of nitrogens with one attached hydrogen (secondary N) is 1. The number of hydrazone groups is 1. The third-order valence-electron chi connectivity index (χ3n) is 2.55. The minimum Gasteiger partial charge on any atom is -0.490 e. The number of halogens is 1. The Balaban J connectivity index is 2.84. The van der Waals surface area contributed by atoms with Crippen molar-refractivity contribution in [3.8, 4) is 11.5 Å². The molecule has 0 fully saturated rings. The van der Waals surface area contributed by atoms with Gasteiger partial charge in [0.15, 0.2) is 11.5 Å². The predicted octanol–water partition coefficient (Wildman–Crippen LogP) is 4.39. The predicted molar refractivity (Wildman–Crippen MR) is 95.4 cm³/mol. The Kier molecular flexibility index (Phi) is 7.85. The second-order valence-corrected chi connectivity index (χ2v) is 6.39. The maximum atomic E-state index is 11.5. The van der Waals surface area contributed by atoms with Crippen molar-refractivity contribution < 1.29 is 19.0 Å². The molecule has 0 unspecified atom stereocenters. The van der Waals surface area contributed by atoms with Gasteiger partial charge in [0.25, 0.3) is 0 Å². The number of hydrogen-bond acceptors (Lipinski definition) is 5. The van der Waals surface area contributed by atoms with Crippen LogP contribution in [0.1, 0.15) is 46.6 Å². The zero-order chi connectivity index (χ0) is 18.2. The number of amides is 1. The first-order valence-corrected chi connectivity index (χ1v) is 8.25. The lowest BCUT2D eigenvalue weighted by atomic mass is 10.2. The van der Waals surface area contributed by atoms with Crippen LogP contribution in [-0.2, 0) is 4.74 Å². The van der Waals surface area contributed by atoms with Gasteiger partial charge >= 0.3 is 6.09 Å². The fourth-order valence-corrected chi connectivity index (χ4v) is 2.00. The van der Waals surface area contributed by atoms with Crippen LogP contribution < -0.4 is 14.9 Å². The first-order valence-electron chi connectivity index (χ1n) is 7.88. The van der Waals surface area contributed by atoms with Gasteiger partial charge in [0.1, 0.15) is 5.60 Å². The van der Waals surface area contributed by atoms with E-state index in [0.29, 0.717) is 35.3 Å². The summed E-state index contributed by atoms with van der Waals surface area (Å²) in [7, 11) is 0. The molecule has 0 aliphatic rings. The third kappa shape index (κ3) is 7.08. The Hall–Kier alpha value is -1.95. The average molecular weight is 357 g/mol. The van der Waals surface area contributed by atoms with Crippen molar-refractivity contribution in [3.63, 3.8) is 0 Å². The summed E-state index contributed by atoms with van der Waals surface area (Å²) in [6, 6.07) is 3.44. The Morgan fingerprint density at radius 2 is 2.00 bits per heavy atom. The summed E-state index contributed by atoms with van der Waals surface area (Å²) in [6.07, 6.45) is 1.70. The molecule has 6 nitrogen and oxygen atoms in total. The molecule has 0 spiro atoms. The molecular formula is C17H25ClN2O4. The molecule has 1 aromatic rings. The molecule has 24 heavy (non-hydrogen) atoms. The van der Waals surface area contributed by atoms with Crippen molar-refractivity contribution in [1.82, 2.24) is 5.43 Å². The zero-order valence-electron chi connectivity index (χ0n) is 14.8. The smallest absolute Gasteiger partial charge is 0.428 e. The number of benzene rings is 1. The number of carbonyl (C=O) groups excluding carboxylic acids is 1. The Bertz CT molecular complexity index is 583. The van der Waals surface area contributed by atoms with E-state index in [1.54, 1.807) is 32.9 Å². The average Bonchev–Trinajstić information content (AvgIpc) is 2.45. The van der Waals surface area contributed by atoms with E-state index in [4.69, 9.17) is 25.8 Å². The van der Waals surface area contributed by atoms with Crippen molar-refractivity contribution in [2.24, 2.45) is 5.10 Å². The first-order chi connectivity index (χ1) is 11.3. The Morgan fingerprint density at radius 3 is 2.58 bits per heavy atom. The van der Waals surface area contributed by atoms with E-state index in [0.717, 1.165) is 6.42 Å². The fourth-order valence-electron chi connectivity index (χ4n) is 1.73. The maximum Gasteiger partial charge on any atom is 0.428 e. The minimum atomic E-state index is -0.627. The van der Waals surface area contributed by atoms with Crippen LogP contribution in [-0.4, -0.2) is 31.1 Å². The monoisotopic (exact) mass is 356 g/mol. The Labute approximate surface area is 148 Å². The largest absolute Gasteiger partial charge is 0.490 e. The van der Waals surface area contributed by atoms with Gasteiger partial charge in [-0.3, -0.25) is 0 Å². The molecular weight excluding hydrogens is 332 g/mol. The maximum absolute atomic E-state index is 11.5. The summed E-state index contributed by atoms with van der Waals surface area (Å²) in [5.74, 6) is 1.05. The summed E-state index contributed by atoms with van der Waals surface area (Å²) in [6.45, 7) is 10.3. The summed E-state index contributed by atoms with van der Waals surface area (Å²) >= 11 is 6.26. The van der Waals surface area contributed by atoms with E-state index in [1.165, 1.54) is 6.21 Å². The second kappa shape index (κ2) is 9.37. The zero-order valence-corrected chi connectivity index (χ0v) is 15.6. The molecule has 134 valence electrons. The van der Waals surface area contributed by atoms with Crippen LogP contribution in [0.15, 0.2) is 17.2 Å². The van der Waals surface area contributed by atoms with E-state index >= 15 is 0 Å². The van der Waals surface area contributed by atoms with Crippen molar-refractivity contribution in [3.05, 3.63) is 22.7 Å². The molecule has 0 aliphatic heterocycles. The standard InChI is InChI=1S/C17H25ClN2O4/c1-6-8-23-15-13(18)9-12(10-14(15)22-7-2)11-19-20-16(21)24-17(3,4)5/h9-11H,6-8H2,1-5H3,(H,20,21)/b19-11-. The van der Waals surface area contributed by atoms with Crippen molar-refractivity contribution in [2.75, 3.05) is 13.2 Å². The molecule has 0 bridgehead atoms. The van der Waals surface area contributed by atoms with Gasteiger partial charge in [0.05, 0.1) is 24.5 Å². The molecule has 1 rings (SSSR count). The lowest BCUT2D eigenvalue weighted by molar-refractivity contribution is 0.0529. The molecule has 7 heteroatoms. The summed E-state index contributed by atoms with van der Waals surface area (Å²) < 4.78 is 16.3. The van der Waals surface area contributed by atoms with Gasteiger partial charge in [-0.15, -0.1) is 0 Å². The lowest BCUT2D eigenvalue weighted by Crippen LogP contribution is -2.29. The van der Waals surface area contributed by atoms with Crippen molar-refractivity contribution in [1.29, 1.82) is 0 Å². The number of nitrogens with zero attached hydrogens (tertiary/aromatic N) is 1. The van der Waals surface area contributed by atoms with Crippen LogP contribution >= 0.6 is 11.6 Å². The van der Waals surface area contributed by atoms with Crippen LogP contribution in [0.3, 0.4) is 0 Å². The highest BCUT2D eigenvalue weighted by Crippen LogP contribution is 2.36. The SMILES string of the molecule is CCCOc1c(Cl)cc(/C=N\NC(=O)OC(C)(C)C)cc1OCC. The van der Waals surface area contributed by atoms with E-state index in [2.05, 4.69) is 10.5 Å². The van der Waals surface area contributed by atoms with Crippen LogP contribution in [0, 0.1) is 0 Å². The highest BCUT2D eigenvalue weighted by Gasteiger charge is 2.15. The molecule has 0 aliphatic carbocycles. The highest BCUT2D eigenvalue weighted by atomic mass is 35.5. The molecule has 1 amide bonds. The molecule has 1 N–H and O–H groups in total. The fraction of sp³-hybridized carbons (Fsp3) is 0.529. The summed E-state index contributed by atoms with van der Waals surface area (Å²) in [5, 5.41) is 4.28. The third-order valence-corrected chi connectivity index (χ3v) is 2.83. The first kappa shape index (κ1) is 20.1. The van der Waals surface area contributed by atoms with E-state index in [9.17, 15) is 4.79 Å². The number of hydrogen-bond donors (Lipinski definition) is 1. The molecule has 1 aromatic carbocycles. The molecule has 0 aromatic heterocycles. The van der Waals surface area contributed by atoms with Gasteiger partial charge < -0.3 is 14.2 Å². The Morgan fingerprint density at radius 1 is 1.29 bits per heavy atom. The lowest BCUT2D eigenvalue weighted by Gasteiger charge is -2.18. The van der Waals surface area contributed by atoms with Gasteiger partial charge in [0.2, 0.25) is 0 Å². The van der Waals surface area contributed by atoms with E-state index in [-0.39, 0.29) is 0 Å². The van der Waals surface area contributed by atoms with Crippen molar-refractivity contribution in [2.45, 2.75) is 46.6 Å². The van der Waals surface area contributed by atoms with Gasteiger partial charge in [-0.25, -0.2) is 10.2 Å². The summed E-state index contributed by atoms with van der Waals surface area (Å²) in [4.78, 5) is 11.5. The van der Waals surface area contributed by atoms with Gasteiger partial charge in [-0.1, -0.05) is 18.5 Å². The summed E-state index contributed by atoms with van der Waals surface area (Å²) in [5.41, 5.74) is 2.39. The molecule has 0 saturated heterocycles.